The molecule has 0 aromatic carbocycles. The molecular weight excluding hydrogens is 338 g/mol. The molecule has 0 spiro atoms. The van der Waals surface area contributed by atoms with Gasteiger partial charge in [-0.15, -0.1) is 0 Å². The number of aromatic amines is 1. The lowest BCUT2D eigenvalue weighted by molar-refractivity contribution is -0.117. The standard InChI is InChI=1S/C21H23N5O/c1-25-6-3-14(4-7-25)13-26-19-9-17(11-23-18(19)10-20(26)27)16-8-15-2-5-22-21(15)24-12-16/h2,5,8-9,11-12,14H,3-4,6-7,10,13H2,1H3,(H,22,24). The van der Waals surface area contributed by atoms with Crippen LogP contribution < -0.4 is 4.90 Å². The monoisotopic (exact) mass is 361 g/mol. The first-order chi connectivity index (χ1) is 13.2. The number of carbonyl (C=O) groups excluding carboxylic acids is 1. The third-order valence-electron chi connectivity index (χ3n) is 5.87. The number of H-pyrrole nitrogens is 1. The second-order valence-corrected chi connectivity index (χ2v) is 7.76. The summed E-state index contributed by atoms with van der Waals surface area (Å²) in [4.78, 5) is 29.1. The molecule has 2 aliphatic rings. The number of piperidine rings is 1. The summed E-state index contributed by atoms with van der Waals surface area (Å²) in [6, 6.07) is 6.24. The van der Waals surface area contributed by atoms with Gasteiger partial charge in [0.2, 0.25) is 5.91 Å². The number of carbonyl (C=O) groups is 1. The number of hydrogen-bond acceptors (Lipinski definition) is 4. The Bertz CT molecular complexity index is 1000. The van der Waals surface area contributed by atoms with E-state index in [4.69, 9.17) is 0 Å². The van der Waals surface area contributed by atoms with Crippen molar-refractivity contribution >= 4 is 22.6 Å². The molecule has 138 valence electrons. The van der Waals surface area contributed by atoms with E-state index in [-0.39, 0.29) is 5.91 Å². The van der Waals surface area contributed by atoms with Crippen LogP contribution in [-0.4, -0.2) is 52.4 Å². The molecule has 6 heteroatoms. The first kappa shape index (κ1) is 16.4. The van der Waals surface area contributed by atoms with Crippen molar-refractivity contribution in [3.8, 4) is 11.1 Å². The molecule has 0 atom stereocenters. The summed E-state index contributed by atoms with van der Waals surface area (Å²) in [6.45, 7) is 3.03. The minimum atomic E-state index is 0.174. The van der Waals surface area contributed by atoms with Crippen LogP contribution in [0.3, 0.4) is 0 Å². The Morgan fingerprint density at radius 3 is 2.78 bits per heavy atom. The zero-order valence-electron chi connectivity index (χ0n) is 15.5. The summed E-state index contributed by atoms with van der Waals surface area (Å²) in [7, 11) is 2.16. The van der Waals surface area contributed by atoms with Crippen molar-refractivity contribution < 1.29 is 4.79 Å². The van der Waals surface area contributed by atoms with Crippen LogP contribution in [-0.2, 0) is 11.2 Å². The van der Waals surface area contributed by atoms with Crippen molar-refractivity contribution in [1.29, 1.82) is 0 Å². The van der Waals surface area contributed by atoms with Gasteiger partial charge in [-0.25, -0.2) is 4.98 Å². The number of nitrogens with zero attached hydrogens (tertiary/aromatic N) is 4. The third kappa shape index (κ3) is 3.00. The van der Waals surface area contributed by atoms with Gasteiger partial charge in [-0.2, -0.15) is 0 Å². The average molecular weight is 361 g/mol. The number of anilines is 1. The molecule has 0 unspecified atom stereocenters. The molecule has 3 aromatic heterocycles. The van der Waals surface area contributed by atoms with E-state index in [0.29, 0.717) is 12.3 Å². The lowest BCUT2D eigenvalue weighted by Crippen LogP contribution is -2.38. The van der Waals surface area contributed by atoms with Crippen molar-refractivity contribution in [1.82, 2.24) is 19.9 Å². The largest absolute Gasteiger partial charge is 0.346 e. The molecule has 1 fully saturated rings. The normalized spacial score (nSPS) is 18.4. The second-order valence-electron chi connectivity index (χ2n) is 7.76. The highest BCUT2D eigenvalue weighted by Gasteiger charge is 2.31. The highest BCUT2D eigenvalue weighted by Crippen LogP contribution is 2.33. The van der Waals surface area contributed by atoms with Gasteiger partial charge in [0.25, 0.3) is 0 Å². The number of fused-ring (bicyclic) bond motifs is 2. The first-order valence-electron chi connectivity index (χ1n) is 9.59. The van der Waals surface area contributed by atoms with Gasteiger partial charge in [-0.1, -0.05) is 0 Å². The van der Waals surface area contributed by atoms with Crippen LogP contribution in [0, 0.1) is 5.92 Å². The SMILES string of the molecule is CN1CCC(CN2C(=O)Cc3ncc(-c4cnc5[nH]ccc5c4)cc32)CC1. The van der Waals surface area contributed by atoms with E-state index in [9.17, 15) is 4.79 Å². The van der Waals surface area contributed by atoms with Gasteiger partial charge in [0.1, 0.15) is 5.65 Å². The highest BCUT2D eigenvalue weighted by atomic mass is 16.2. The first-order valence-corrected chi connectivity index (χ1v) is 9.59. The molecule has 0 aliphatic carbocycles. The highest BCUT2D eigenvalue weighted by molar-refractivity contribution is 6.01. The van der Waals surface area contributed by atoms with Gasteiger partial charge in [0, 0.05) is 41.6 Å². The molecule has 6 nitrogen and oxygen atoms in total. The lowest BCUT2D eigenvalue weighted by Gasteiger charge is -2.31. The molecule has 0 bridgehead atoms. The number of nitrogens with one attached hydrogen (secondary N) is 1. The summed E-state index contributed by atoms with van der Waals surface area (Å²) in [6.07, 6.45) is 8.33. The van der Waals surface area contributed by atoms with Crippen LogP contribution in [0.15, 0.2) is 36.8 Å². The van der Waals surface area contributed by atoms with Gasteiger partial charge in [-0.05, 0) is 57.1 Å². The van der Waals surface area contributed by atoms with Crippen molar-refractivity contribution in [2.45, 2.75) is 19.3 Å². The van der Waals surface area contributed by atoms with Gasteiger partial charge >= 0.3 is 0 Å². The van der Waals surface area contributed by atoms with E-state index in [2.05, 4.69) is 39.0 Å². The number of aromatic nitrogens is 3. The van der Waals surface area contributed by atoms with E-state index < -0.39 is 0 Å². The van der Waals surface area contributed by atoms with Gasteiger partial charge < -0.3 is 14.8 Å². The van der Waals surface area contributed by atoms with Crippen LogP contribution in [0.4, 0.5) is 5.69 Å². The molecule has 1 N–H and O–H groups in total. The van der Waals surface area contributed by atoms with E-state index in [1.807, 2.05) is 29.6 Å². The summed E-state index contributed by atoms with van der Waals surface area (Å²) >= 11 is 0. The Labute approximate surface area is 158 Å². The minimum Gasteiger partial charge on any atom is -0.346 e. The summed E-state index contributed by atoms with van der Waals surface area (Å²) < 4.78 is 0. The second kappa shape index (κ2) is 6.46. The molecule has 5 rings (SSSR count). The fourth-order valence-electron chi connectivity index (χ4n) is 4.18. The van der Waals surface area contributed by atoms with Crippen molar-refractivity contribution in [3.63, 3.8) is 0 Å². The van der Waals surface area contributed by atoms with Crippen molar-refractivity contribution in [2.24, 2.45) is 5.92 Å². The zero-order chi connectivity index (χ0) is 18.4. The molecule has 27 heavy (non-hydrogen) atoms. The number of amides is 1. The number of rotatable bonds is 3. The van der Waals surface area contributed by atoms with Crippen molar-refractivity contribution in [3.05, 3.63) is 42.5 Å². The Kier molecular flexibility index (Phi) is 3.93. The molecule has 0 saturated carbocycles. The smallest absolute Gasteiger partial charge is 0.233 e. The van der Waals surface area contributed by atoms with E-state index in [1.165, 1.54) is 0 Å². The minimum absolute atomic E-state index is 0.174. The van der Waals surface area contributed by atoms with E-state index in [0.717, 1.165) is 66.0 Å². The van der Waals surface area contributed by atoms with Crippen LogP contribution in [0.5, 0.6) is 0 Å². The number of pyridine rings is 2. The number of likely N-dealkylation sites (tertiary alicyclic amines) is 1. The lowest BCUT2D eigenvalue weighted by atomic mass is 9.96. The molecule has 3 aromatic rings. The topological polar surface area (TPSA) is 65.1 Å². The summed E-state index contributed by atoms with van der Waals surface area (Å²) in [5.41, 5.74) is 4.79. The molecule has 1 amide bonds. The Hall–Kier alpha value is -2.73. The fraction of sp³-hybridized carbons (Fsp3) is 0.381. The van der Waals surface area contributed by atoms with Gasteiger partial charge in [0.05, 0.1) is 17.8 Å². The van der Waals surface area contributed by atoms with E-state index in [1.54, 1.807) is 0 Å². The van der Waals surface area contributed by atoms with Gasteiger partial charge in [0.15, 0.2) is 0 Å². The van der Waals surface area contributed by atoms with Gasteiger partial charge in [-0.3, -0.25) is 9.78 Å². The fourth-order valence-corrected chi connectivity index (χ4v) is 4.18. The molecule has 2 aliphatic heterocycles. The molecule has 5 heterocycles. The molecular formula is C21H23N5O. The summed E-state index contributed by atoms with van der Waals surface area (Å²) in [5, 5.41) is 1.08. The van der Waals surface area contributed by atoms with Crippen LogP contribution in [0.1, 0.15) is 18.5 Å². The zero-order valence-corrected chi connectivity index (χ0v) is 15.5. The maximum absolute atomic E-state index is 12.6. The third-order valence-corrected chi connectivity index (χ3v) is 5.87. The predicted molar refractivity (Wildman–Crippen MR) is 106 cm³/mol. The van der Waals surface area contributed by atoms with Crippen LogP contribution in [0.25, 0.3) is 22.2 Å². The molecule has 1 saturated heterocycles. The Balaban J connectivity index is 1.44. The van der Waals surface area contributed by atoms with Crippen molar-refractivity contribution in [2.75, 3.05) is 31.6 Å². The van der Waals surface area contributed by atoms with Crippen LogP contribution >= 0.6 is 0 Å². The van der Waals surface area contributed by atoms with E-state index >= 15 is 0 Å². The maximum atomic E-state index is 12.6. The van der Waals surface area contributed by atoms with Crippen LogP contribution in [0.2, 0.25) is 0 Å². The predicted octanol–water partition coefficient (Wildman–Crippen LogP) is 2.86. The molecule has 0 radical (unpaired) electrons. The number of hydrogen-bond donors (Lipinski definition) is 1. The maximum Gasteiger partial charge on any atom is 0.233 e. The average Bonchev–Trinajstić information content (AvgIpc) is 3.27. The Morgan fingerprint density at radius 1 is 1.15 bits per heavy atom. The Morgan fingerprint density at radius 2 is 1.93 bits per heavy atom. The summed E-state index contributed by atoms with van der Waals surface area (Å²) in [5.74, 6) is 0.741. The quantitative estimate of drug-likeness (QED) is 0.779.